The van der Waals surface area contributed by atoms with Crippen molar-refractivity contribution < 1.29 is 24.1 Å². The second-order valence-corrected chi connectivity index (χ2v) is 11.0. The Bertz CT molecular complexity index is 1570. The third-order valence-electron chi connectivity index (χ3n) is 5.66. The molecule has 0 spiro atoms. The van der Waals surface area contributed by atoms with Gasteiger partial charge in [0, 0.05) is 0 Å². The normalized spacial score (nSPS) is 15.3. The molecule has 8 nitrogen and oxygen atoms in total. The van der Waals surface area contributed by atoms with Gasteiger partial charge in [-0.1, -0.05) is 17.4 Å². The van der Waals surface area contributed by atoms with Gasteiger partial charge in [0.1, 0.15) is 5.75 Å². The van der Waals surface area contributed by atoms with Gasteiger partial charge in [0.25, 0.3) is 5.56 Å². The van der Waals surface area contributed by atoms with E-state index in [4.69, 9.17) is 14.2 Å². The molecule has 4 rings (SSSR count). The number of hydrogen-bond acceptors (Lipinski definition) is 8. The number of halogens is 2. The molecule has 11 heteroatoms. The molecular weight excluding hydrogens is 675 g/mol. The van der Waals surface area contributed by atoms with Crippen LogP contribution >= 0.6 is 49.9 Å². The van der Waals surface area contributed by atoms with Gasteiger partial charge in [0.2, 0.25) is 0 Å². The Balaban J connectivity index is 1.97. The molecule has 1 aliphatic rings. The van der Waals surface area contributed by atoms with Crippen molar-refractivity contribution in [3.63, 3.8) is 0 Å². The molecule has 0 radical (unpaired) electrons. The van der Waals surface area contributed by atoms with Gasteiger partial charge in [-0.15, -0.1) is 0 Å². The number of rotatable bonds is 7. The maximum atomic E-state index is 13.8. The lowest BCUT2D eigenvalue weighted by Crippen LogP contribution is -2.40. The van der Waals surface area contributed by atoms with Crippen LogP contribution in [0.2, 0.25) is 0 Å². The molecule has 0 bridgehead atoms. The number of carbonyl (C=O) groups excluding carboxylic acids is 1. The van der Waals surface area contributed by atoms with Crippen LogP contribution in [0, 0.1) is 3.57 Å². The van der Waals surface area contributed by atoms with Gasteiger partial charge in [0.15, 0.2) is 16.3 Å². The highest BCUT2D eigenvalue weighted by molar-refractivity contribution is 14.1. The third-order valence-corrected chi connectivity index (χ3v) is 8.07. The second kappa shape index (κ2) is 11.4. The van der Waals surface area contributed by atoms with Gasteiger partial charge in [-0.3, -0.25) is 9.36 Å². The molecule has 1 N–H and O–H groups in total. The second-order valence-electron chi connectivity index (χ2n) is 7.98. The van der Waals surface area contributed by atoms with E-state index < -0.39 is 12.0 Å². The number of thiazole rings is 1. The highest BCUT2D eigenvalue weighted by atomic mass is 127. The molecule has 0 aliphatic carbocycles. The SMILES string of the molecule is CCOC(=O)C1=C(C)N=c2s/c(=C\c3cc(Br)c(O)c(I)c3)c(=O)n2[C@@H]1c1ccc(OC)c(OCC)c1. The Morgan fingerprint density at radius 2 is 2.00 bits per heavy atom. The molecule has 0 saturated heterocycles. The quantitative estimate of drug-likeness (QED) is 0.292. The van der Waals surface area contributed by atoms with E-state index in [2.05, 4.69) is 20.9 Å². The van der Waals surface area contributed by atoms with E-state index in [1.165, 1.54) is 15.9 Å². The zero-order valence-corrected chi connectivity index (χ0v) is 25.1. The number of carbonyl (C=O) groups is 1. The molecule has 3 aromatic rings. The molecular formula is C26H24BrIN2O6S. The monoisotopic (exact) mass is 698 g/mol. The predicted octanol–water partition coefficient (Wildman–Crippen LogP) is 4.28. The molecule has 2 heterocycles. The minimum Gasteiger partial charge on any atom is -0.506 e. The van der Waals surface area contributed by atoms with Crippen molar-refractivity contribution in [1.82, 2.24) is 4.57 Å². The number of phenolic OH excluding ortho intramolecular Hbond substituents is 1. The van der Waals surface area contributed by atoms with Crippen LogP contribution in [0.15, 0.2) is 55.9 Å². The van der Waals surface area contributed by atoms with E-state index >= 15 is 0 Å². The van der Waals surface area contributed by atoms with Gasteiger partial charge >= 0.3 is 5.97 Å². The van der Waals surface area contributed by atoms with Crippen LogP contribution in [-0.4, -0.2) is 36.0 Å². The number of methoxy groups -OCH3 is 1. The van der Waals surface area contributed by atoms with E-state index in [1.54, 1.807) is 57.4 Å². The van der Waals surface area contributed by atoms with Gasteiger partial charge in [-0.2, -0.15) is 0 Å². The van der Waals surface area contributed by atoms with Crippen LogP contribution in [-0.2, 0) is 9.53 Å². The topological polar surface area (TPSA) is 99.4 Å². The van der Waals surface area contributed by atoms with Crippen LogP contribution in [0.25, 0.3) is 6.08 Å². The zero-order chi connectivity index (χ0) is 26.9. The smallest absolute Gasteiger partial charge is 0.338 e. The number of esters is 1. The number of hydrogen-bond donors (Lipinski definition) is 1. The van der Waals surface area contributed by atoms with Crippen LogP contribution < -0.4 is 24.4 Å². The molecule has 0 fully saturated rings. The van der Waals surface area contributed by atoms with Gasteiger partial charge < -0.3 is 19.3 Å². The molecule has 194 valence electrons. The lowest BCUT2D eigenvalue weighted by molar-refractivity contribution is -0.139. The van der Waals surface area contributed by atoms with E-state index in [0.29, 0.717) is 46.7 Å². The molecule has 1 atom stereocenters. The Morgan fingerprint density at radius 1 is 1.24 bits per heavy atom. The van der Waals surface area contributed by atoms with Crippen LogP contribution in [0.3, 0.4) is 0 Å². The van der Waals surface area contributed by atoms with Crippen molar-refractivity contribution in [3.05, 3.63) is 80.5 Å². The van der Waals surface area contributed by atoms with Crippen molar-refractivity contribution in [2.45, 2.75) is 26.8 Å². The minimum atomic E-state index is -0.769. The van der Waals surface area contributed by atoms with E-state index in [-0.39, 0.29) is 23.5 Å². The number of benzene rings is 2. The molecule has 1 aliphatic heterocycles. The highest BCUT2D eigenvalue weighted by Crippen LogP contribution is 2.36. The van der Waals surface area contributed by atoms with E-state index in [0.717, 1.165) is 5.56 Å². The minimum absolute atomic E-state index is 0.138. The van der Waals surface area contributed by atoms with Crippen molar-refractivity contribution in [2.75, 3.05) is 20.3 Å². The molecule has 0 saturated carbocycles. The fourth-order valence-corrected chi connectivity index (χ4v) is 6.60. The first-order chi connectivity index (χ1) is 17.7. The summed E-state index contributed by atoms with van der Waals surface area (Å²) in [5.41, 5.74) is 1.87. The van der Waals surface area contributed by atoms with Crippen molar-refractivity contribution >= 4 is 61.9 Å². The summed E-state index contributed by atoms with van der Waals surface area (Å²) in [6, 6.07) is 8.09. The standard InChI is InChI=1S/C26H24BrIN2O6S/c1-5-35-19-12-15(7-8-18(19)34-4)22-21(25(33)36-6-2)13(3)29-26-30(22)24(32)20(37-26)11-14-9-16(27)23(31)17(28)10-14/h7-12,22,31H,5-6H2,1-4H3/b20-11-/t22-/m1/s1. The Labute approximate surface area is 239 Å². The average Bonchev–Trinajstić information content (AvgIpc) is 3.16. The zero-order valence-electron chi connectivity index (χ0n) is 20.5. The first-order valence-corrected chi connectivity index (χ1v) is 14.1. The molecule has 1 aromatic heterocycles. The Morgan fingerprint density at radius 3 is 2.65 bits per heavy atom. The summed E-state index contributed by atoms with van der Waals surface area (Å²) in [5, 5.41) is 10.1. The maximum absolute atomic E-state index is 13.8. The third kappa shape index (κ3) is 5.34. The summed E-state index contributed by atoms with van der Waals surface area (Å²) in [4.78, 5) is 32.0. The fourth-order valence-electron chi connectivity index (χ4n) is 4.06. The first kappa shape index (κ1) is 27.4. The summed E-state index contributed by atoms with van der Waals surface area (Å²) >= 11 is 6.61. The number of nitrogens with zero attached hydrogens (tertiary/aromatic N) is 2. The summed E-state index contributed by atoms with van der Waals surface area (Å²) in [6.45, 7) is 5.95. The number of phenols is 1. The molecule has 37 heavy (non-hydrogen) atoms. The number of fused-ring (bicyclic) bond motifs is 1. The highest BCUT2D eigenvalue weighted by Gasteiger charge is 2.34. The Kier molecular flexibility index (Phi) is 8.44. The number of aromatic nitrogens is 1. The summed E-state index contributed by atoms with van der Waals surface area (Å²) < 4.78 is 19.7. The molecule has 0 unspecified atom stereocenters. The van der Waals surface area contributed by atoms with Crippen molar-refractivity contribution in [2.24, 2.45) is 4.99 Å². The van der Waals surface area contributed by atoms with Crippen molar-refractivity contribution in [1.29, 1.82) is 0 Å². The lowest BCUT2D eigenvalue weighted by atomic mass is 9.95. The fraction of sp³-hybridized carbons (Fsp3) is 0.269. The predicted molar refractivity (Wildman–Crippen MR) is 153 cm³/mol. The number of ether oxygens (including phenoxy) is 3. The maximum Gasteiger partial charge on any atom is 0.338 e. The number of allylic oxidation sites excluding steroid dienone is 1. The van der Waals surface area contributed by atoms with Crippen LogP contribution in [0.5, 0.6) is 17.2 Å². The molecule has 2 aromatic carbocycles. The van der Waals surface area contributed by atoms with Crippen LogP contribution in [0.1, 0.15) is 37.9 Å². The van der Waals surface area contributed by atoms with Crippen LogP contribution in [0.4, 0.5) is 0 Å². The van der Waals surface area contributed by atoms with Crippen molar-refractivity contribution in [3.8, 4) is 17.2 Å². The first-order valence-electron chi connectivity index (χ1n) is 11.4. The summed E-state index contributed by atoms with van der Waals surface area (Å²) in [5.74, 6) is 0.655. The largest absolute Gasteiger partial charge is 0.506 e. The van der Waals surface area contributed by atoms with Gasteiger partial charge in [-0.05, 0) is 101 Å². The van der Waals surface area contributed by atoms with E-state index in [1.807, 2.05) is 29.5 Å². The average molecular weight is 699 g/mol. The Hall–Kier alpha value is -2.64. The summed E-state index contributed by atoms with van der Waals surface area (Å²) in [6.07, 6.45) is 1.75. The summed E-state index contributed by atoms with van der Waals surface area (Å²) in [7, 11) is 1.55. The number of aromatic hydroxyl groups is 1. The van der Waals surface area contributed by atoms with E-state index in [9.17, 15) is 14.7 Å². The lowest BCUT2D eigenvalue weighted by Gasteiger charge is -2.25. The van der Waals surface area contributed by atoms with Gasteiger partial charge in [-0.25, -0.2) is 9.79 Å². The van der Waals surface area contributed by atoms with Gasteiger partial charge in [0.05, 0.1) is 50.2 Å². The molecule has 0 amide bonds.